The quantitative estimate of drug-likeness (QED) is 0.298. The van der Waals surface area contributed by atoms with Crippen LogP contribution in [0.2, 0.25) is 0 Å². The summed E-state index contributed by atoms with van der Waals surface area (Å²) in [6.07, 6.45) is 1.05. The fourth-order valence-corrected chi connectivity index (χ4v) is 3.22. The molecule has 1 aliphatic rings. The van der Waals surface area contributed by atoms with Crippen LogP contribution < -0.4 is 26.8 Å². The summed E-state index contributed by atoms with van der Waals surface area (Å²) < 4.78 is 0. The number of carboxylic acids is 2. The van der Waals surface area contributed by atoms with E-state index in [2.05, 4.69) is 25.6 Å². The van der Waals surface area contributed by atoms with Crippen molar-refractivity contribution in [2.24, 2.45) is 4.99 Å². The molecule has 13 heteroatoms. The molecule has 0 aliphatic carbocycles. The molecule has 0 saturated carbocycles. The number of fused-ring (bicyclic) bond motifs is 1. The van der Waals surface area contributed by atoms with Crippen LogP contribution in [0.25, 0.3) is 0 Å². The topological polar surface area (TPSA) is 203 Å². The first-order valence-corrected chi connectivity index (χ1v) is 9.92. The number of aliphatic carboxylic acids is 2. The Morgan fingerprint density at radius 1 is 1.24 bits per heavy atom. The second kappa shape index (κ2) is 9.80. The van der Waals surface area contributed by atoms with E-state index >= 15 is 0 Å². The number of benzene rings is 1. The predicted octanol–water partition coefficient (Wildman–Crippen LogP) is 0.0327. The molecular weight excluding hydrogens is 434 g/mol. The minimum absolute atomic E-state index is 0.0124. The Balaban J connectivity index is 1.60. The highest BCUT2D eigenvalue weighted by Crippen LogP contribution is 2.26. The van der Waals surface area contributed by atoms with Gasteiger partial charge in [0.05, 0.1) is 6.04 Å². The number of hydrogen-bond donors (Lipinski definition) is 6. The molecule has 0 spiro atoms. The second-order valence-electron chi connectivity index (χ2n) is 7.33. The maximum atomic E-state index is 12.3. The summed E-state index contributed by atoms with van der Waals surface area (Å²) in [6, 6.07) is 4.76. The number of likely N-dealkylation sites (N-methyl/N-ethyl adjacent to an activating group) is 1. The van der Waals surface area contributed by atoms with Gasteiger partial charge in [0.15, 0.2) is 5.82 Å². The third-order valence-electron chi connectivity index (χ3n) is 5.03. The number of nitrogens with one attached hydrogen (secondary N) is 3. The fourth-order valence-electron chi connectivity index (χ4n) is 3.22. The molecule has 1 aromatic heterocycles. The summed E-state index contributed by atoms with van der Waals surface area (Å²) in [4.78, 5) is 58.8. The average molecular weight is 457 g/mol. The summed E-state index contributed by atoms with van der Waals surface area (Å²) in [5.74, 6) is -2.84. The van der Waals surface area contributed by atoms with Crippen LogP contribution in [-0.2, 0) is 9.59 Å². The molecule has 7 N–H and O–H groups in total. The number of carboxylic acid groups (broad SMARTS) is 2. The van der Waals surface area contributed by atoms with E-state index < -0.39 is 23.9 Å². The van der Waals surface area contributed by atoms with Crippen LogP contribution in [0.3, 0.4) is 0 Å². The summed E-state index contributed by atoms with van der Waals surface area (Å²) >= 11 is 0. The first-order valence-electron chi connectivity index (χ1n) is 9.92. The molecule has 0 radical (unpaired) electrons. The number of H-pyrrole nitrogens is 1. The van der Waals surface area contributed by atoms with Crippen molar-refractivity contribution in [3.05, 3.63) is 40.2 Å². The minimum Gasteiger partial charge on any atom is -0.481 e. The highest BCUT2D eigenvalue weighted by atomic mass is 16.4. The molecule has 1 aliphatic heterocycles. The lowest BCUT2D eigenvalue weighted by Gasteiger charge is -2.30. The van der Waals surface area contributed by atoms with Crippen LogP contribution in [0.1, 0.15) is 23.2 Å². The van der Waals surface area contributed by atoms with Crippen LogP contribution in [0.15, 0.2) is 34.1 Å². The summed E-state index contributed by atoms with van der Waals surface area (Å²) in [6.45, 7) is 0.394. The molecule has 174 valence electrons. The van der Waals surface area contributed by atoms with E-state index in [-0.39, 0.29) is 41.8 Å². The largest absolute Gasteiger partial charge is 0.481 e. The molecule has 0 saturated heterocycles. The molecule has 1 aromatic carbocycles. The number of rotatable bonds is 9. The smallest absolute Gasteiger partial charge is 0.326 e. The molecule has 13 nitrogen and oxygen atoms in total. The van der Waals surface area contributed by atoms with Gasteiger partial charge in [0.1, 0.15) is 11.7 Å². The molecule has 1 amide bonds. The van der Waals surface area contributed by atoms with Crippen molar-refractivity contribution < 1.29 is 24.6 Å². The number of carbonyl (C=O) groups excluding carboxylic acids is 1. The maximum Gasteiger partial charge on any atom is 0.326 e. The normalized spacial score (nSPS) is 15.4. The highest BCUT2D eigenvalue weighted by Gasteiger charge is 2.25. The number of aliphatic imine (C=N–C) groups is 1. The zero-order chi connectivity index (χ0) is 24.1. The molecule has 0 bridgehead atoms. The Morgan fingerprint density at radius 3 is 2.58 bits per heavy atom. The number of nitrogen functional groups attached to an aromatic ring is 1. The van der Waals surface area contributed by atoms with Crippen LogP contribution >= 0.6 is 0 Å². The van der Waals surface area contributed by atoms with Crippen molar-refractivity contribution in [3.8, 4) is 0 Å². The summed E-state index contributed by atoms with van der Waals surface area (Å²) in [5, 5.41) is 23.4. The van der Waals surface area contributed by atoms with Gasteiger partial charge in [-0.25, -0.2) is 9.79 Å². The standard InChI is InChI=1S/C20H23N7O6/c1-27-12(9-23-16-15(27)18(31)26-20(21)25-16)8-22-11-4-2-10(3-5-11)17(30)24-13(19(32)33)6-7-14(28)29/h2-5,9,12-13,22H,6-8H2,1H3,(H,24,30)(H,28,29)(H,32,33)(H3,21,25,26,31)/t12-,13-/m0/s1. The summed E-state index contributed by atoms with van der Waals surface area (Å²) in [7, 11) is 1.74. The number of aromatic nitrogens is 2. The second-order valence-corrected chi connectivity index (χ2v) is 7.33. The molecule has 2 atom stereocenters. The molecule has 0 unspecified atom stereocenters. The fraction of sp³-hybridized carbons (Fsp3) is 0.300. The SMILES string of the molecule is CN1c2c(nc(N)[nH]c2=O)N=C[C@@H]1CNc1ccc(C(=O)N[C@@H](CCC(=O)O)C(=O)O)cc1. The lowest BCUT2D eigenvalue weighted by atomic mass is 10.1. The van der Waals surface area contributed by atoms with E-state index in [1.54, 1.807) is 30.3 Å². The van der Waals surface area contributed by atoms with E-state index in [9.17, 15) is 19.2 Å². The number of carbonyl (C=O) groups is 3. The number of hydrogen-bond acceptors (Lipinski definition) is 9. The van der Waals surface area contributed by atoms with E-state index in [0.29, 0.717) is 17.9 Å². The van der Waals surface area contributed by atoms with Crippen molar-refractivity contribution >= 4 is 47.2 Å². The van der Waals surface area contributed by atoms with E-state index in [1.165, 1.54) is 12.1 Å². The van der Waals surface area contributed by atoms with Gasteiger partial charge in [0.2, 0.25) is 5.95 Å². The third kappa shape index (κ3) is 5.64. The van der Waals surface area contributed by atoms with Gasteiger partial charge >= 0.3 is 11.9 Å². The van der Waals surface area contributed by atoms with Gasteiger partial charge in [-0.3, -0.25) is 19.4 Å². The van der Waals surface area contributed by atoms with Gasteiger partial charge in [-0.05, 0) is 30.7 Å². The average Bonchev–Trinajstić information content (AvgIpc) is 2.75. The lowest BCUT2D eigenvalue weighted by Crippen LogP contribution is -2.43. The van der Waals surface area contributed by atoms with Crippen LogP contribution in [0, 0.1) is 0 Å². The number of aromatic amines is 1. The van der Waals surface area contributed by atoms with Gasteiger partial charge in [0.25, 0.3) is 11.5 Å². The van der Waals surface area contributed by atoms with Crippen LogP contribution in [-0.4, -0.2) is 69.9 Å². The number of nitrogens with two attached hydrogens (primary N) is 1. The van der Waals surface area contributed by atoms with E-state index in [0.717, 1.165) is 0 Å². The van der Waals surface area contributed by atoms with Crippen molar-refractivity contribution in [3.63, 3.8) is 0 Å². The highest BCUT2D eigenvalue weighted by molar-refractivity contribution is 5.97. The van der Waals surface area contributed by atoms with Gasteiger partial charge in [-0.1, -0.05) is 0 Å². The first kappa shape index (κ1) is 23.2. The monoisotopic (exact) mass is 457 g/mol. The van der Waals surface area contributed by atoms with Crippen molar-refractivity contribution in [2.75, 3.05) is 29.5 Å². The zero-order valence-corrected chi connectivity index (χ0v) is 17.6. The molecule has 33 heavy (non-hydrogen) atoms. The third-order valence-corrected chi connectivity index (χ3v) is 5.03. The Kier molecular flexibility index (Phi) is 6.91. The van der Waals surface area contributed by atoms with E-state index in [4.69, 9.17) is 15.9 Å². The number of nitrogens with zero attached hydrogens (tertiary/aromatic N) is 3. The van der Waals surface area contributed by atoms with Crippen LogP contribution in [0.5, 0.6) is 0 Å². The lowest BCUT2D eigenvalue weighted by molar-refractivity contribution is -0.140. The summed E-state index contributed by atoms with van der Waals surface area (Å²) in [5.41, 5.74) is 6.37. The van der Waals surface area contributed by atoms with Gasteiger partial charge < -0.3 is 31.5 Å². The molecule has 2 heterocycles. The van der Waals surface area contributed by atoms with Crippen molar-refractivity contribution in [2.45, 2.75) is 24.9 Å². The molecule has 2 aromatic rings. The Bertz CT molecular complexity index is 1140. The first-order chi connectivity index (χ1) is 15.7. The molecule has 0 fully saturated rings. The van der Waals surface area contributed by atoms with Gasteiger partial charge in [-0.15, -0.1) is 0 Å². The number of anilines is 3. The van der Waals surface area contributed by atoms with Gasteiger partial charge in [-0.2, -0.15) is 4.98 Å². The minimum atomic E-state index is -1.31. The molecular formula is C20H23N7O6. The Morgan fingerprint density at radius 2 is 1.94 bits per heavy atom. The van der Waals surface area contributed by atoms with Crippen LogP contribution in [0.4, 0.5) is 23.1 Å². The van der Waals surface area contributed by atoms with E-state index in [1.807, 2.05) is 0 Å². The zero-order valence-electron chi connectivity index (χ0n) is 17.6. The Labute approximate surface area is 187 Å². The van der Waals surface area contributed by atoms with Gasteiger partial charge in [0, 0.05) is 37.5 Å². The maximum absolute atomic E-state index is 12.3. The Hall–Kier alpha value is -4.42. The predicted molar refractivity (Wildman–Crippen MR) is 120 cm³/mol. The van der Waals surface area contributed by atoms with Crippen molar-refractivity contribution in [1.29, 1.82) is 0 Å². The van der Waals surface area contributed by atoms with Crippen molar-refractivity contribution in [1.82, 2.24) is 15.3 Å². The number of amides is 1. The molecule has 3 rings (SSSR count).